The fourth-order valence-electron chi connectivity index (χ4n) is 2.80. The first-order chi connectivity index (χ1) is 7.70. The van der Waals surface area contributed by atoms with Crippen molar-refractivity contribution in [1.29, 1.82) is 0 Å². The quantitative estimate of drug-likeness (QED) is 0.648. The van der Waals surface area contributed by atoms with Crippen molar-refractivity contribution in [3.63, 3.8) is 0 Å². The molecule has 0 bridgehead atoms. The van der Waals surface area contributed by atoms with Gasteiger partial charge < -0.3 is 4.90 Å². The monoisotopic (exact) mass is 221 g/mol. The van der Waals surface area contributed by atoms with E-state index in [4.69, 9.17) is 0 Å². The normalized spacial score (nSPS) is 31.4. The summed E-state index contributed by atoms with van der Waals surface area (Å²) in [5.74, 6) is -0.414. The van der Waals surface area contributed by atoms with E-state index >= 15 is 0 Å². The third kappa shape index (κ3) is 1.14. The third-order valence-corrected chi connectivity index (χ3v) is 3.64. The van der Waals surface area contributed by atoms with Gasteiger partial charge in [0.2, 0.25) is 0 Å². The largest absolute Gasteiger partial charge is 0.364 e. The van der Waals surface area contributed by atoms with Crippen molar-refractivity contribution in [3.05, 3.63) is 47.4 Å². The molecular weight excluding hydrogens is 208 g/mol. The zero-order valence-corrected chi connectivity index (χ0v) is 9.03. The summed E-state index contributed by atoms with van der Waals surface area (Å²) in [5.41, 5.74) is 1.04. The van der Waals surface area contributed by atoms with Crippen LogP contribution in [0, 0.1) is 5.82 Å². The maximum Gasteiger partial charge on any atom is 0.149 e. The number of hydrogen-bond donors (Lipinski definition) is 0. The van der Waals surface area contributed by atoms with E-state index in [0.29, 0.717) is 6.42 Å². The van der Waals surface area contributed by atoms with Gasteiger partial charge in [-0.15, -0.1) is 0 Å². The molecule has 84 valence electrons. The van der Waals surface area contributed by atoms with Gasteiger partial charge in [-0.25, -0.2) is 8.78 Å². The van der Waals surface area contributed by atoms with Crippen LogP contribution in [0.3, 0.4) is 0 Å². The van der Waals surface area contributed by atoms with Gasteiger partial charge in [0.1, 0.15) is 12.0 Å². The molecule has 1 aromatic carbocycles. The number of hydrogen-bond acceptors (Lipinski definition) is 1. The minimum Gasteiger partial charge on any atom is -0.364 e. The molecule has 0 aliphatic carbocycles. The Labute approximate surface area is 93.4 Å². The minimum atomic E-state index is -1.22. The molecule has 0 spiro atoms. The first kappa shape index (κ1) is 9.82. The summed E-state index contributed by atoms with van der Waals surface area (Å²) in [6, 6.07) is 4.65. The fraction of sp³-hybridized carbons (Fsp3) is 0.385. The predicted octanol–water partition coefficient (Wildman–Crippen LogP) is 3.50. The van der Waals surface area contributed by atoms with Gasteiger partial charge in [-0.2, -0.15) is 0 Å². The minimum absolute atomic E-state index is 0.0569. The van der Waals surface area contributed by atoms with Crippen LogP contribution in [0.4, 0.5) is 8.78 Å². The van der Waals surface area contributed by atoms with Crippen molar-refractivity contribution >= 4 is 0 Å². The van der Waals surface area contributed by atoms with Crippen molar-refractivity contribution in [2.75, 3.05) is 0 Å². The molecule has 3 heteroatoms. The molecule has 3 rings (SSSR count). The summed E-state index contributed by atoms with van der Waals surface area (Å²) >= 11 is 0. The highest BCUT2D eigenvalue weighted by Gasteiger charge is 2.40. The van der Waals surface area contributed by atoms with E-state index in [2.05, 4.69) is 0 Å². The zero-order valence-electron chi connectivity index (χ0n) is 9.03. The highest BCUT2D eigenvalue weighted by Crippen LogP contribution is 2.45. The van der Waals surface area contributed by atoms with Gasteiger partial charge in [-0.05, 0) is 31.2 Å². The lowest BCUT2D eigenvalue weighted by Crippen LogP contribution is -2.38. The molecule has 3 unspecified atom stereocenters. The number of rotatable bonds is 0. The Balaban J connectivity index is 2.17. The molecular formula is C13H13F2N. The van der Waals surface area contributed by atoms with E-state index in [1.807, 2.05) is 30.2 Å². The second kappa shape index (κ2) is 3.30. The molecule has 0 radical (unpaired) electrons. The molecule has 0 aromatic heterocycles. The van der Waals surface area contributed by atoms with Crippen LogP contribution in [0.15, 0.2) is 30.5 Å². The fourth-order valence-corrected chi connectivity index (χ4v) is 2.80. The molecule has 0 saturated heterocycles. The SMILES string of the molecule is CC1c2cccc(F)c2C(F)C2CC=CN12. The summed E-state index contributed by atoms with van der Waals surface area (Å²) in [5, 5.41) is 0. The van der Waals surface area contributed by atoms with Crippen LogP contribution in [0.25, 0.3) is 0 Å². The topological polar surface area (TPSA) is 3.24 Å². The Kier molecular flexibility index (Phi) is 2.03. The zero-order chi connectivity index (χ0) is 11.3. The van der Waals surface area contributed by atoms with Gasteiger partial charge in [-0.1, -0.05) is 18.2 Å². The Morgan fingerprint density at radius 1 is 1.38 bits per heavy atom. The van der Waals surface area contributed by atoms with E-state index < -0.39 is 12.0 Å². The lowest BCUT2D eigenvalue weighted by atomic mass is 9.87. The van der Waals surface area contributed by atoms with Gasteiger partial charge in [0.25, 0.3) is 0 Å². The lowest BCUT2D eigenvalue weighted by Gasteiger charge is -2.40. The molecule has 3 atom stereocenters. The van der Waals surface area contributed by atoms with Crippen molar-refractivity contribution in [2.24, 2.45) is 0 Å². The Morgan fingerprint density at radius 2 is 2.19 bits per heavy atom. The Morgan fingerprint density at radius 3 is 3.00 bits per heavy atom. The maximum absolute atomic E-state index is 14.2. The van der Waals surface area contributed by atoms with Crippen molar-refractivity contribution in [3.8, 4) is 0 Å². The number of benzene rings is 1. The number of nitrogens with zero attached hydrogens (tertiary/aromatic N) is 1. The van der Waals surface area contributed by atoms with Crippen molar-refractivity contribution < 1.29 is 8.78 Å². The average Bonchev–Trinajstić information content (AvgIpc) is 2.75. The van der Waals surface area contributed by atoms with E-state index in [0.717, 1.165) is 5.56 Å². The van der Waals surface area contributed by atoms with E-state index in [-0.39, 0.29) is 17.6 Å². The summed E-state index contributed by atoms with van der Waals surface area (Å²) in [6.45, 7) is 1.99. The third-order valence-electron chi connectivity index (χ3n) is 3.64. The van der Waals surface area contributed by atoms with Gasteiger partial charge in [-0.3, -0.25) is 0 Å². The highest BCUT2D eigenvalue weighted by atomic mass is 19.1. The number of fused-ring (bicyclic) bond motifs is 2. The second-order valence-corrected chi connectivity index (χ2v) is 4.46. The van der Waals surface area contributed by atoms with E-state index in [9.17, 15) is 8.78 Å². The highest BCUT2D eigenvalue weighted by molar-refractivity contribution is 5.38. The van der Waals surface area contributed by atoms with Crippen LogP contribution < -0.4 is 0 Å². The molecule has 2 heterocycles. The molecule has 0 amide bonds. The van der Waals surface area contributed by atoms with Crippen LogP contribution in [0.1, 0.15) is 36.7 Å². The van der Waals surface area contributed by atoms with Crippen LogP contribution in [0.2, 0.25) is 0 Å². The van der Waals surface area contributed by atoms with Crippen LogP contribution >= 0.6 is 0 Å². The number of alkyl halides is 1. The average molecular weight is 221 g/mol. The summed E-state index contributed by atoms with van der Waals surface area (Å²) in [7, 11) is 0. The Bertz CT molecular complexity index is 455. The lowest BCUT2D eigenvalue weighted by molar-refractivity contribution is 0.112. The first-order valence-electron chi connectivity index (χ1n) is 5.56. The van der Waals surface area contributed by atoms with E-state index in [1.165, 1.54) is 6.07 Å². The molecule has 2 aliphatic heterocycles. The molecule has 1 nitrogen and oxygen atoms in total. The van der Waals surface area contributed by atoms with Gasteiger partial charge in [0.15, 0.2) is 0 Å². The van der Waals surface area contributed by atoms with Crippen molar-refractivity contribution in [1.82, 2.24) is 4.90 Å². The van der Waals surface area contributed by atoms with E-state index in [1.54, 1.807) is 6.07 Å². The van der Waals surface area contributed by atoms with Gasteiger partial charge in [0.05, 0.1) is 12.1 Å². The van der Waals surface area contributed by atoms with Gasteiger partial charge >= 0.3 is 0 Å². The Hall–Kier alpha value is -1.38. The summed E-state index contributed by atoms with van der Waals surface area (Å²) in [4.78, 5) is 1.99. The predicted molar refractivity (Wildman–Crippen MR) is 58.0 cm³/mol. The summed E-state index contributed by atoms with van der Waals surface area (Å²) in [6.07, 6.45) is 3.33. The molecule has 1 aromatic rings. The maximum atomic E-state index is 14.2. The van der Waals surface area contributed by atoms with Crippen LogP contribution in [-0.2, 0) is 0 Å². The van der Waals surface area contributed by atoms with Gasteiger partial charge in [0, 0.05) is 5.56 Å². The molecule has 0 fully saturated rings. The molecule has 16 heavy (non-hydrogen) atoms. The van der Waals surface area contributed by atoms with Crippen molar-refractivity contribution in [2.45, 2.75) is 31.6 Å². The molecule has 2 aliphatic rings. The smallest absolute Gasteiger partial charge is 0.149 e. The first-order valence-corrected chi connectivity index (χ1v) is 5.56. The standard InChI is InChI=1S/C13H13F2N/c1-8-9-4-2-5-10(14)12(9)13(15)11-6-3-7-16(8)11/h2-5,7-8,11,13H,6H2,1H3. The van der Waals surface area contributed by atoms with Crippen LogP contribution in [0.5, 0.6) is 0 Å². The number of halogens is 2. The molecule has 0 saturated carbocycles. The summed E-state index contributed by atoms with van der Waals surface area (Å²) < 4.78 is 27.9. The van der Waals surface area contributed by atoms with Crippen LogP contribution in [-0.4, -0.2) is 10.9 Å². The second-order valence-electron chi connectivity index (χ2n) is 4.46. The molecule has 0 N–H and O–H groups in total.